The van der Waals surface area contributed by atoms with Crippen molar-refractivity contribution in [2.24, 2.45) is 5.41 Å². The highest BCUT2D eigenvalue weighted by Crippen LogP contribution is 2.22. The van der Waals surface area contributed by atoms with E-state index in [4.69, 9.17) is 18.9 Å². The van der Waals surface area contributed by atoms with Crippen LogP contribution in [0.25, 0.3) is 0 Å². The number of carbonyl (C=O) groups is 1. The van der Waals surface area contributed by atoms with Crippen molar-refractivity contribution in [1.29, 1.82) is 0 Å². The summed E-state index contributed by atoms with van der Waals surface area (Å²) in [6.07, 6.45) is 20.2. The highest BCUT2D eigenvalue weighted by atomic mass is 79.9. The largest absolute Gasteiger partial charge is 0.465 e. The maximum atomic E-state index is 12.6. The number of halogens is 1. The molecule has 0 saturated heterocycles. The van der Waals surface area contributed by atoms with Crippen LogP contribution in [-0.4, -0.2) is 57.5 Å². The zero-order valence-electron chi connectivity index (χ0n) is 24.8. The Morgan fingerprint density at radius 1 is 0.541 bits per heavy atom. The van der Waals surface area contributed by atoms with E-state index in [1.807, 2.05) is 0 Å². The third-order valence-electron chi connectivity index (χ3n) is 6.71. The molecule has 0 aliphatic carbocycles. The molecule has 6 heteroatoms. The molecule has 0 rings (SSSR count). The summed E-state index contributed by atoms with van der Waals surface area (Å²) in [4.78, 5) is 12.6. The van der Waals surface area contributed by atoms with E-state index in [1.165, 1.54) is 77.0 Å². The van der Waals surface area contributed by atoms with Gasteiger partial charge in [-0.3, -0.25) is 4.79 Å². The van der Waals surface area contributed by atoms with Crippen LogP contribution in [0.4, 0.5) is 0 Å². The molecule has 0 aliphatic heterocycles. The van der Waals surface area contributed by atoms with Gasteiger partial charge in [-0.15, -0.1) is 0 Å². The van der Waals surface area contributed by atoms with Crippen molar-refractivity contribution in [2.45, 2.75) is 136 Å². The Hall–Kier alpha value is -0.170. The van der Waals surface area contributed by atoms with Gasteiger partial charge in [-0.1, -0.05) is 114 Å². The van der Waals surface area contributed by atoms with Gasteiger partial charge in [0.05, 0.1) is 25.2 Å². The number of carbonyl (C=O) groups excluding carboxylic acids is 1. The Morgan fingerprint density at radius 3 is 1.38 bits per heavy atom. The maximum absolute atomic E-state index is 12.6. The standard InChI is InChI=1S/C31H61BrO5/c1-4-7-10-18-23-34-26-31(27-35-24-19-11-8-5-2,28-36-25-20-12-9-6-3)29-37-30(33)21-16-14-13-15-17-22-32/h4-29H2,1-3H3. The zero-order chi connectivity index (χ0) is 27.3. The van der Waals surface area contributed by atoms with Crippen molar-refractivity contribution in [3.63, 3.8) is 0 Å². The Bertz CT molecular complexity index is 434. The molecular weight excluding hydrogens is 532 g/mol. The van der Waals surface area contributed by atoms with Crippen LogP contribution in [0, 0.1) is 5.41 Å². The molecule has 0 bridgehead atoms. The molecule has 0 spiro atoms. The van der Waals surface area contributed by atoms with Crippen molar-refractivity contribution in [2.75, 3.05) is 51.6 Å². The summed E-state index contributed by atoms with van der Waals surface area (Å²) in [5.74, 6) is -0.112. The fourth-order valence-electron chi connectivity index (χ4n) is 4.21. The van der Waals surface area contributed by atoms with Gasteiger partial charge in [0.25, 0.3) is 0 Å². The molecule has 0 atom stereocenters. The van der Waals surface area contributed by atoms with Gasteiger partial charge in [-0.2, -0.15) is 0 Å². The van der Waals surface area contributed by atoms with Gasteiger partial charge in [0.1, 0.15) is 6.61 Å². The molecule has 0 unspecified atom stereocenters. The lowest BCUT2D eigenvalue weighted by Crippen LogP contribution is -2.42. The first-order valence-corrected chi connectivity index (χ1v) is 16.7. The predicted molar refractivity (Wildman–Crippen MR) is 160 cm³/mol. The molecule has 0 saturated carbocycles. The van der Waals surface area contributed by atoms with Gasteiger partial charge >= 0.3 is 5.97 Å². The zero-order valence-corrected chi connectivity index (χ0v) is 26.4. The Labute approximate surface area is 238 Å². The first-order chi connectivity index (χ1) is 18.1. The SMILES string of the molecule is CCCCCCOCC(COCCCCCC)(COCCCCCC)COC(=O)CCCCCCCBr. The van der Waals surface area contributed by atoms with E-state index in [2.05, 4.69) is 36.7 Å². The average molecular weight is 594 g/mol. The first-order valence-electron chi connectivity index (χ1n) is 15.6. The molecule has 37 heavy (non-hydrogen) atoms. The molecule has 222 valence electrons. The van der Waals surface area contributed by atoms with Crippen molar-refractivity contribution in [1.82, 2.24) is 0 Å². The molecule has 0 aromatic heterocycles. The van der Waals surface area contributed by atoms with Gasteiger partial charge in [-0.05, 0) is 32.1 Å². The van der Waals surface area contributed by atoms with E-state index in [0.29, 0.717) is 32.8 Å². The summed E-state index contributed by atoms with van der Waals surface area (Å²) in [5.41, 5.74) is -0.453. The summed E-state index contributed by atoms with van der Waals surface area (Å²) in [6, 6.07) is 0. The number of esters is 1. The van der Waals surface area contributed by atoms with Gasteiger partial charge in [0.2, 0.25) is 0 Å². The molecular formula is C31H61BrO5. The summed E-state index contributed by atoms with van der Waals surface area (Å²) >= 11 is 3.48. The predicted octanol–water partition coefficient (Wildman–Crippen LogP) is 9.04. The van der Waals surface area contributed by atoms with Crippen LogP contribution < -0.4 is 0 Å². The molecule has 5 nitrogen and oxygen atoms in total. The molecule has 0 amide bonds. The first kappa shape index (κ1) is 36.8. The number of ether oxygens (including phenoxy) is 4. The highest BCUT2D eigenvalue weighted by molar-refractivity contribution is 9.09. The summed E-state index contributed by atoms with van der Waals surface area (Å²) in [7, 11) is 0. The van der Waals surface area contributed by atoms with Gasteiger partial charge in [0, 0.05) is 31.6 Å². The molecule has 0 heterocycles. The van der Waals surface area contributed by atoms with Crippen LogP contribution in [0.1, 0.15) is 136 Å². The fourth-order valence-corrected chi connectivity index (χ4v) is 4.61. The molecule has 0 radical (unpaired) electrons. The van der Waals surface area contributed by atoms with E-state index >= 15 is 0 Å². The number of hydrogen-bond donors (Lipinski definition) is 0. The van der Waals surface area contributed by atoms with E-state index in [-0.39, 0.29) is 5.97 Å². The minimum Gasteiger partial charge on any atom is -0.465 e. The quantitative estimate of drug-likeness (QED) is 0.0473. The van der Waals surface area contributed by atoms with Crippen molar-refractivity contribution in [3.8, 4) is 0 Å². The number of alkyl halides is 1. The number of rotatable bonds is 30. The number of unbranched alkanes of at least 4 members (excludes halogenated alkanes) is 13. The summed E-state index contributed by atoms with van der Waals surface area (Å²) in [6.45, 7) is 10.7. The molecule has 0 aliphatic rings. The van der Waals surface area contributed by atoms with Crippen molar-refractivity contribution >= 4 is 21.9 Å². The van der Waals surface area contributed by atoms with Crippen LogP contribution in [-0.2, 0) is 23.7 Å². The Balaban J connectivity index is 4.90. The lowest BCUT2D eigenvalue weighted by atomic mass is 9.92. The molecule has 0 fully saturated rings. The van der Waals surface area contributed by atoms with Crippen molar-refractivity contribution in [3.05, 3.63) is 0 Å². The summed E-state index contributed by atoms with van der Waals surface area (Å²) < 4.78 is 24.3. The Kier molecular flexibility index (Phi) is 28.7. The van der Waals surface area contributed by atoms with Gasteiger partial charge in [-0.25, -0.2) is 0 Å². The minimum absolute atomic E-state index is 0.112. The fraction of sp³-hybridized carbons (Fsp3) is 0.968. The van der Waals surface area contributed by atoms with Crippen molar-refractivity contribution < 1.29 is 23.7 Å². The van der Waals surface area contributed by atoms with Crippen LogP contribution in [0.15, 0.2) is 0 Å². The normalized spacial score (nSPS) is 11.8. The smallest absolute Gasteiger partial charge is 0.305 e. The summed E-state index contributed by atoms with van der Waals surface area (Å²) in [5, 5.41) is 1.05. The second kappa shape index (κ2) is 28.8. The van der Waals surface area contributed by atoms with Crippen LogP contribution in [0.2, 0.25) is 0 Å². The molecule has 0 aromatic carbocycles. The topological polar surface area (TPSA) is 54.0 Å². The van der Waals surface area contributed by atoms with E-state index in [9.17, 15) is 4.79 Å². The van der Waals surface area contributed by atoms with E-state index < -0.39 is 5.41 Å². The molecule has 0 N–H and O–H groups in total. The average Bonchev–Trinajstić information content (AvgIpc) is 2.90. The Morgan fingerprint density at radius 2 is 0.946 bits per heavy atom. The number of hydrogen-bond acceptors (Lipinski definition) is 5. The second-order valence-corrected chi connectivity index (χ2v) is 11.5. The lowest BCUT2D eigenvalue weighted by Gasteiger charge is -2.33. The van der Waals surface area contributed by atoms with Gasteiger partial charge < -0.3 is 18.9 Å². The monoisotopic (exact) mass is 592 g/mol. The minimum atomic E-state index is -0.453. The van der Waals surface area contributed by atoms with Gasteiger partial charge in [0.15, 0.2) is 0 Å². The molecule has 0 aromatic rings. The third kappa shape index (κ3) is 24.6. The maximum Gasteiger partial charge on any atom is 0.305 e. The van der Waals surface area contributed by atoms with Crippen LogP contribution in [0.3, 0.4) is 0 Å². The van der Waals surface area contributed by atoms with Crippen LogP contribution >= 0.6 is 15.9 Å². The lowest BCUT2D eigenvalue weighted by molar-refractivity contribution is -0.156. The highest BCUT2D eigenvalue weighted by Gasteiger charge is 2.34. The van der Waals surface area contributed by atoms with Crippen LogP contribution in [0.5, 0.6) is 0 Å². The van der Waals surface area contributed by atoms with E-state index in [1.54, 1.807) is 0 Å². The van der Waals surface area contributed by atoms with E-state index in [0.717, 1.165) is 57.3 Å². The third-order valence-corrected chi connectivity index (χ3v) is 7.27. The second-order valence-electron chi connectivity index (χ2n) is 10.7.